The van der Waals surface area contributed by atoms with E-state index in [9.17, 15) is 0 Å². The van der Waals surface area contributed by atoms with E-state index in [1.54, 1.807) is 0 Å². The molecule has 3 rings (SSSR count). The molecule has 2 heteroatoms. The maximum atomic E-state index is 6.17. The van der Waals surface area contributed by atoms with Gasteiger partial charge in [-0.3, -0.25) is 0 Å². The van der Waals surface area contributed by atoms with Crippen LogP contribution in [0.5, 0.6) is 0 Å². The highest BCUT2D eigenvalue weighted by Gasteiger charge is 2.25. The first kappa shape index (κ1) is 11.1. The molecule has 0 spiro atoms. The highest BCUT2D eigenvalue weighted by molar-refractivity contribution is 5.56. The Balaban J connectivity index is 1.79. The number of nitrogens with two attached hydrogens (primary N) is 1. The molecule has 0 amide bonds. The Morgan fingerprint density at radius 2 is 1.94 bits per heavy atom. The van der Waals surface area contributed by atoms with E-state index in [2.05, 4.69) is 29.2 Å². The molecule has 0 bridgehead atoms. The first-order valence-electron chi connectivity index (χ1n) is 6.91. The minimum absolute atomic E-state index is 0.311. The molecule has 1 aliphatic heterocycles. The van der Waals surface area contributed by atoms with Crippen LogP contribution in [0.3, 0.4) is 0 Å². The summed E-state index contributed by atoms with van der Waals surface area (Å²) in [5.41, 5.74) is 9.04. The van der Waals surface area contributed by atoms with Crippen LogP contribution in [0, 0.1) is 5.92 Å². The third-order valence-corrected chi connectivity index (χ3v) is 4.22. The molecule has 92 valence electrons. The van der Waals surface area contributed by atoms with E-state index in [0.717, 1.165) is 18.9 Å². The van der Waals surface area contributed by atoms with Gasteiger partial charge in [-0.1, -0.05) is 31.0 Å². The molecule has 1 unspecified atom stereocenters. The van der Waals surface area contributed by atoms with Crippen molar-refractivity contribution in [1.82, 2.24) is 0 Å². The lowest BCUT2D eigenvalue weighted by Crippen LogP contribution is -2.44. The van der Waals surface area contributed by atoms with Gasteiger partial charge in [0, 0.05) is 24.8 Å². The van der Waals surface area contributed by atoms with Crippen LogP contribution in [0.1, 0.15) is 31.2 Å². The Morgan fingerprint density at radius 3 is 2.76 bits per heavy atom. The maximum absolute atomic E-state index is 6.17. The van der Waals surface area contributed by atoms with Crippen molar-refractivity contribution < 1.29 is 0 Å². The number of hydrogen-bond donors (Lipinski definition) is 1. The predicted molar refractivity (Wildman–Crippen MR) is 72.3 cm³/mol. The van der Waals surface area contributed by atoms with Crippen LogP contribution in [0.25, 0.3) is 0 Å². The molecule has 2 N–H and O–H groups in total. The number of anilines is 1. The Kier molecular flexibility index (Phi) is 3.06. The van der Waals surface area contributed by atoms with Gasteiger partial charge in [0.1, 0.15) is 0 Å². The van der Waals surface area contributed by atoms with Crippen LogP contribution >= 0.6 is 0 Å². The van der Waals surface area contributed by atoms with Gasteiger partial charge < -0.3 is 10.6 Å². The number of rotatable bonds is 2. The van der Waals surface area contributed by atoms with E-state index in [1.165, 1.54) is 43.5 Å². The van der Waals surface area contributed by atoms with Gasteiger partial charge in [-0.15, -0.1) is 0 Å². The van der Waals surface area contributed by atoms with Crippen molar-refractivity contribution in [2.45, 2.75) is 38.1 Å². The molecular weight excluding hydrogens is 208 g/mol. The van der Waals surface area contributed by atoms with Crippen molar-refractivity contribution in [3.63, 3.8) is 0 Å². The molecule has 2 aliphatic rings. The number of hydrogen-bond acceptors (Lipinski definition) is 2. The average Bonchev–Trinajstić information content (AvgIpc) is 2.81. The molecule has 1 aromatic rings. The molecule has 0 radical (unpaired) electrons. The fourth-order valence-corrected chi connectivity index (χ4v) is 3.40. The third-order valence-electron chi connectivity index (χ3n) is 4.22. The zero-order chi connectivity index (χ0) is 11.7. The monoisotopic (exact) mass is 230 g/mol. The highest BCUT2D eigenvalue weighted by Crippen LogP contribution is 2.31. The second-order valence-electron chi connectivity index (χ2n) is 5.65. The van der Waals surface area contributed by atoms with Gasteiger partial charge in [-0.2, -0.15) is 0 Å². The summed E-state index contributed by atoms with van der Waals surface area (Å²) in [5, 5.41) is 0. The summed E-state index contributed by atoms with van der Waals surface area (Å²) in [6.07, 6.45) is 6.71. The largest absolute Gasteiger partial charge is 0.369 e. The molecule has 2 nitrogen and oxygen atoms in total. The zero-order valence-electron chi connectivity index (χ0n) is 10.4. The summed E-state index contributed by atoms with van der Waals surface area (Å²) >= 11 is 0. The van der Waals surface area contributed by atoms with E-state index in [0.29, 0.717) is 6.04 Å². The second-order valence-corrected chi connectivity index (χ2v) is 5.65. The van der Waals surface area contributed by atoms with Crippen molar-refractivity contribution in [1.29, 1.82) is 0 Å². The molecule has 1 heterocycles. The zero-order valence-corrected chi connectivity index (χ0v) is 10.4. The van der Waals surface area contributed by atoms with Crippen LogP contribution < -0.4 is 10.6 Å². The fourth-order valence-electron chi connectivity index (χ4n) is 3.40. The van der Waals surface area contributed by atoms with Gasteiger partial charge in [-0.25, -0.2) is 0 Å². The molecule has 1 fully saturated rings. The second kappa shape index (κ2) is 4.69. The lowest BCUT2D eigenvalue weighted by molar-refractivity contribution is 0.500. The van der Waals surface area contributed by atoms with Crippen LogP contribution in [-0.2, 0) is 6.42 Å². The Morgan fingerprint density at radius 1 is 1.18 bits per heavy atom. The smallest absolute Gasteiger partial charge is 0.0399 e. The Bertz CT molecular complexity index is 382. The minimum atomic E-state index is 0.311. The van der Waals surface area contributed by atoms with Crippen molar-refractivity contribution in [3.05, 3.63) is 29.8 Å². The standard InChI is InChI=1S/C15H22N2/c16-14-9-13-7-3-4-8-15(13)17(11-14)10-12-5-1-2-6-12/h3-4,7-8,12,14H,1-2,5-6,9-11,16H2. The maximum Gasteiger partial charge on any atom is 0.0399 e. The van der Waals surface area contributed by atoms with Crippen LogP contribution in [0.15, 0.2) is 24.3 Å². The van der Waals surface area contributed by atoms with E-state index < -0.39 is 0 Å². The van der Waals surface area contributed by atoms with E-state index in [4.69, 9.17) is 5.73 Å². The highest BCUT2D eigenvalue weighted by atomic mass is 15.2. The molecular formula is C15H22N2. The number of para-hydroxylation sites is 1. The van der Waals surface area contributed by atoms with Crippen LogP contribution in [-0.4, -0.2) is 19.1 Å². The average molecular weight is 230 g/mol. The summed E-state index contributed by atoms with van der Waals surface area (Å²) in [4.78, 5) is 2.53. The number of benzene rings is 1. The van der Waals surface area contributed by atoms with Crippen molar-refractivity contribution >= 4 is 5.69 Å². The van der Waals surface area contributed by atoms with E-state index in [1.807, 2.05) is 0 Å². The van der Waals surface area contributed by atoms with Crippen molar-refractivity contribution in [2.24, 2.45) is 11.7 Å². The van der Waals surface area contributed by atoms with E-state index >= 15 is 0 Å². The van der Waals surface area contributed by atoms with Crippen LogP contribution in [0.2, 0.25) is 0 Å². The quantitative estimate of drug-likeness (QED) is 0.846. The summed E-state index contributed by atoms with van der Waals surface area (Å²) in [7, 11) is 0. The summed E-state index contributed by atoms with van der Waals surface area (Å²) in [5.74, 6) is 0.897. The number of fused-ring (bicyclic) bond motifs is 1. The molecule has 0 saturated heterocycles. The first-order chi connectivity index (χ1) is 8.33. The molecule has 17 heavy (non-hydrogen) atoms. The van der Waals surface area contributed by atoms with Gasteiger partial charge >= 0.3 is 0 Å². The molecule has 1 saturated carbocycles. The first-order valence-corrected chi connectivity index (χ1v) is 6.91. The lowest BCUT2D eigenvalue weighted by atomic mass is 9.97. The van der Waals surface area contributed by atoms with Gasteiger partial charge in [0.2, 0.25) is 0 Å². The Labute approximate surface area is 104 Å². The third kappa shape index (κ3) is 2.32. The predicted octanol–water partition coefficient (Wildman–Crippen LogP) is 2.57. The summed E-state index contributed by atoms with van der Waals surface area (Å²) in [6, 6.07) is 9.08. The van der Waals surface area contributed by atoms with Gasteiger partial charge in [0.05, 0.1) is 0 Å². The Hall–Kier alpha value is -1.02. The van der Waals surface area contributed by atoms with E-state index in [-0.39, 0.29) is 0 Å². The van der Waals surface area contributed by atoms with Crippen molar-refractivity contribution in [3.8, 4) is 0 Å². The molecule has 1 atom stereocenters. The molecule has 1 aliphatic carbocycles. The van der Waals surface area contributed by atoms with Crippen molar-refractivity contribution in [2.75, 3.05) is 18.0 Å². The minimum Gasteiger partial charge on any atom is -0.369 e. The normalized spacial score (nSPS) is 25.0. The summed E-state index contributed by atoms with van der Waals surface area (Å²) in [6.45, 7) is 2.25. The topological polar surface area (TPSA) is 29.3 Å². The van der Waals surface area contributed by atoms with Gasteiger partial charge in [0.15, 0.2) is 0 Å². The fraction of sp³-hybridized carbons (Fsp3) is 0.600. The van der Waals surface area contributed by atoms with Gasteiger partial charge in [0.25, 0.3) is 0 Å². The SMILES string of the molecule is NC1Cc2ccccc2N(CC2CCCC2)C1. The molecule has 0 aromatic heterocycles. The lowest BCUT2D eigenvalue weighted by Gasteiger charge is -2.36. The summed E-state index contributed by atoms with van der Waals surface area (Å²) < 4.78 is 0. The van der Waals surface area contributed by atoms with Crippen LogP contribution in [0.4, 0.5) is 5.69 Å². The molecule has 1 aromatic carbocycles. The van der Waals surface area contributed by atoms with Gasteiger partial charge in [-0.05, 0) is 36.8 Å². The number of nitrogens with zero attached hydrogens (tertiary/aromatic N) is 1.